The van der Waals surface area contributed by atoms with Crippen molar-refractivity contribution in [2.24, 2.45) is 0 Å². The number of nitrogens with one attached hydrogen (secondary N) is 2. The van der Waals surface area contributed by atoms with E-state index in [1.54, 1.807) is 6.33 Å². The van der Waals surface area contributed by atoms with E-state index in [-0.39, 0.29) is 0 Å². The fraction of sp³-hybridized carbons (Fsp3) is 0.684. The van der Waals surface area contributed by atoms with Crippen LogP contribution in [0.15, 0.2) is 18.6 Å². The molecule has 0 radical (unpaired) electrons. The van der Waals surface area contributed by atoms with Crippen molar-refractivity contribution in [2.75, 3.05) is 25.1 Å². The molecule has 0 unspecified atom stereocenters. The lowest BCUT2D eigenvalue weighted by atomic mass is 9.90. The summed E-state index contributed by atoms with van der Waals surface area (Å²) < 4.78 is 7.51. The second kappa shape index (κ2) is 7.70. The van der Waals surface area contributed by atoms with E-state index < -0.39 is 0 Å². The highest BCUT2D eigenvalue weighted by atomic mass is 16.5. The zero-order valence-corrected chi connectivity index (χ0v) is 15.1. The number of rotatable bonds is 5. The highest BCUT2D eigenvalue weighted by Gasteiger charge is 2.24. The summed E-state index contributed by atoms with van der Waals surface area (Å²) in [4.78, 5) is 4.59. The quantitative estimate of drug-likeness (QED) is 0.874. The van der Waals surface area contributed by atoms with Crippen LogP contribution in [-0.2, 0) is 4.74 Å². The van der Waals surface area contributed by atoms with Gasteiger partial charge in [-0.1, -0.05) is 6.92 Å². The van der Waals surface area contributed by atoms with Crippen LogP contribution in [0.5, 0.6) is 0 Å². The van der Waals surface area contributed by atoms with Gasteiger partial charge in [0.1, 0.15) is 11.8 Å². The van der Waals surface area contributed by atoms with E-state index in [0.29, 0.717) is 18.0 Å². The Labute approximate surface area is 149 Å². The third-order valence-corrected chi connectivity index (χ3v) is 5.71. The van der Waals surface area contributed by atoms with Gasteiger partial charge in [-0.2, -0.15) is 5.10 Å². The first-order valence-corrected chi connectivity index (χ1v) is 9.75. The molecule has 25 heavy (non-hydrogen) atoms. The molecule has 1 aliphatic heterocycles. The Morgan fingerprint density at radius 1 is 1.12 bits per heavy atom. The van der Waals surface area contributed by atoms with Crippen LogP contribution in [0.1, 0.15) is 56.9 Å². The van der Waals surface area contributed by atoms with Crippen LogP contribution in [0.2, 0.25) is 0 Å². The van der Waals surface area contributed by atoms with Gasteiger partial charge in [-0.3, -0.25) is 0 Å². The molecule has 136 valence electrons. The SMILES string of the molecule is CCN[C@H]1CC[C@H](Nc2ncnn3ccc(C4CCOCC4)c23)CC1. The second-order valence-corrected chi connectivity index (χ2v) is 7.31. The smallest absolute Gasteiger partial charge is 0.154 e. The molecule has 1 aliphatic carbocycles. The lowest BCUT2D eigenvalue weighted by Crippen LogP contribution is -2.37. The zero-order chi connectivity index (χ0) is 17.1. The Hall–Kier alpha value is -1.66. The first-order valence-electron chi connectivity index (χ1n) is 9.75. The van der Waals surface area contributed by atoms with Gasteiger partial charge >= 0.3 is 0 Å². The van der Waals surface area contributed by atoms with E-state index in [0.717, 1.165) is 43.9 Å². The molecule has 0 aromatic carbocycles. The number of ether oxygens (including phenoxy) is 1. The number of hydrogen-bond donors (Lipinski definition) is 2. The van der Waals surface area contributed by atoms with Crippen molar-refractivity contribution in [2.45, 2.75) is 63.5 Å². The van der Waals surface area contributed by atoms with Gasteiger partial charge in [0.2, 0.25) is 0 Å². The fourth-order valence-corrected chi connectivity index (χ4v) is 4.35. The molecule has 0 atom stereocenters. The Morgan fingerprint density at radius 3 is 2.64 bits per heavy atom. The van der Waals surface area contributed by atoms with Crippen molar-refractivity contribution in [1.82, 2.24) is 19.9 Å². The average molecular weight is 343 g/mol. The number of aromatic nitrogens is 3. The summed E-state index contributed by atoms with van der Waals surface area (Å²) in [7, 11) is 0. The van der Waals surface area contributed by atoms with Crippen LogP contribution in [-0.4, -0.2) is 46.4 Å². The molecule has 0 bridgehead atoms. The second-order valence-electron chi connectivity index (χ2n) is 7.31. The van der Waals surface area contributed by atoms with E-state index in [1.165, 1.54) is 31.2 Å². The van der Waals surface area contributed by atoms with Crippen LogP contribution in [0.25, 0.3) is 5.52 Å². The molecule has 3 heterocycles. The minimum atomic E-state index is 0.506. The van der Waals surface area contributed by atoms with E-state index in [2.05, 4.69) is 39.9 Å². The molecule has 6 nitrogen and oxygen atoms in total. The molecule has 0 amide bonds. The Kier molecular flexibility index (Phi) is 5.17. The average Bonchev–Trinajstić information content (AvgIpc) is 3.10. The molecule has 2 aliphatic rings. The van der Waals surface area contributed by atoms with Crippen LogP contribution in [0.4, 0.5) is 5.82 Å². The van der Waals surface area contributed by atoms with Crippen LogP contribution < -0.4 is 10.6 Å². The fourth-order valence-electron chi connectivity index (χ4n) is 4.35. The standard InChI is InChI=1S/C19H29N5O/c1-2-20-15-3-5-16(6-4-15)23-19-18-17(14-8-11-25-12-9-14)7-10-24(18)22-13-21-19/h7,10,13-16,20H,2-6,8-9,11-12H2,1H3,(H,21,22,23)/t15-,16-. The first kappa shape index (κ1) is 16.8. The summed E-state index contributed by atoms with van der Waals surface area (Å²) in [6.45, 7) is 4.96. The maximum atomic E-state index is 5.53. The molecule has 0 spiro atoms. The highest BCUT2D eigenvalue weighted by molar-refractivity contribution is 5.73. The van der Waals surface area contributed by atoms with Crippen molar-refractivity contribution >= 4 is 11.3 Å². The molecule has 2 aromatic heterocycles. The lowest BCUT2D eigenvalue weighted by Gasteiger charge is -2.30. The van der Waals surface area contributed by atoms with E-state index in [9.17, 15) is 0 Å². The van der Waals surface area contributed by atoms with Crippen molar-refractivity contribution in [3.63, 3.8) is 0 Å². The molecule has 1 saturated carbocycles. The molecule has 2 aromatic rings. The minimum absolute atomic E-state index is 0.506. The number of nitrogens with zero attached hydrogens (tertiary/aromatic N) is 3. The normalized spacial score (nSPS) is 25.3. The molecule has 6 heteroatoms. The van der Waals surface area contributed by atoms with Crippen molar-refractivity contribution in [3.05, 3.63) is 24.2 Å². The minimum Gasteiger partial charge on any atom is -0.381 e. The number of anilines is 1. The number of fused-ring (bicyclic) bond motifs is 1. The summed E-state index contributed by atoms with van der Waals surface area (Å²) in [6, 6.07) is 3.40. The summed E-state index contributed by atoms with van der Waals surface area (Å²) in [5.74, 6) is 1.54. The van der Waals surface area contributed by atoms with Gasteiger partial charge in [0.15, 0.2) is 5.82 Å². The first-order chi connectivity index (χ1) is 12.3. The Bertz CT molecular complexity index is 686. The third kappa shape index (κ3) is 3.65. The van der Waals surface area contributed by atoms with E-state index >= 15 is 0 Å². The molecule has 2 fully saturated rings. The topological polar surface area (TPSA) is 63.5 Å². The molecule has 2 N–H and O–H groups in total. The summed E-state index contributed by atoms with van der Waals surface area (Å²) in [5.41, 5.74) is 2.52. The summed E-state index contributed by atoms with van der Waals surface area (Å²) >= 11 is 0. The lowest BCUT2D eigenvalue weighted by molar-refractivity contribution is 0.0856. The monoisotopic (exact) mass is 343 g/mol. The van der Waals surface area contributed by atoms with E-state index in [4.69, 9.17) is 4.74 Å². The van der Waals surface area contributed by atoms with E-state index in [1.807, 2.05) is 4.52 Å². The van der Waals surface area contributed by atoms with Gasteiger partial charge in [0.05, 0.1) is 0 Å². The predicted octanol–water partition coefficient (Wildman–Crippen LogP) is 2.96. The van der Waals surface area contributed by atoms with Gasteiger partial charge in [-0.15, -0.1) is 0 Å². The molecule has 4 rings (SSSR count). The van der Waals surface area contributed by atoms with Crippen LogP contribution in [0.3, 0.4) is 0 Å². The number of hydrogen-bond acceptors (Lipinski definition) is 5. The van der Waals surface area contributed by atoms with Gasteiger partial charge in [0.25, 0.3) is 0 Å². The maximum absolute atomic E-state index is 5.53. The molecular weight excluding hydrogens is 314 g/mol. The third-order valence-electron chi connectivity index (χ3n) is 5.71. The van der Waals surface area contributed by atoms with Crippen LogP contribution in [0, 0.1) is 0 Å². The van der Waals surface area contributed by atoms with Gasteiger partial charge in [-0.25, -0.2) is 9.50 Å². The molecule has 1 saturated heterocycles. The van der Waals surface area contributed by atoms with Crippen molar-refractivity contribution in [3.8, 4) is 0 Å². The van der Waals surface area contributed by atoms with Gasteiger partial charge in [0, 0.05) is 31.5 Å². The van der Waals surface area contributed by atoms with Gasteiger partial charge in [-0.05, 0) is 62.6 Å². The predicted molar refractivity (Wildman–Crippen MR) is 99.1 cm³/mol. The largest absolute Gasteiger partial charge is 0.381 e. The molecular formula is C19H29N5O. The summed E-state index contributed by atoms with van der Waals surface area (Å²) in [6.07, 6.45) is 10.8. The van der Waals surface area contributed by atoms with Crippen molar-refractivity contribution < 1.29 is 4.74 Å². The van der Waals surface area contributed by atoms with Crippen LogP contribution >= 0.6 is 0 Å². The van der Waals surface area contributed by atoms with Crippen molar-refractivity contribution in [1.29, 1.82) is 0 Å². The summed E-state index contributed by atoms with van der Waals surface area (Å²) in [5, 5.41) is 11.7. The Balaban J connectivity index is 1.52. The maximum Gasteiger partial charge on any atom is 0.154 e. The van der Waals surface area contributed by atoms with Gasteiger partial charge < -0.3 is 15.4 Å². The highest BCUT2D eigenvalue weighted by Crippen LogP contribution is 2.33. The Morgan fingerprint density at radius 2 is 1.88 bits per heavy atom. The zero-order valence-electron chi connectivity index (χ0n) is 15.1.